The van der Waals surface area contributed by atoms with Gasteiger partial charge in [0, 0.05) is 12.1 Å². The molecule has 0 amide bonds. The summed E-state index contributed by atoms with van der Waals surface area (Å²) in [4.78, 5) is 12.3. The number of benzene rings is 1. The summed E-state index contributed by atoms with van der Waals surface area (Å²) in [7, 11) is 0. The van der Waals surface area contributed by atoms with Crippen LogP contribution in [0.5, 0.6) is 0 Å². The first-order chi connectivity index (χ1) is 9.52. The standard InChI is InChI=1S/C15H18FN3O/c1-3-8-19-15(20)13(9-10(2)18-19)14(17)11-4-6-12(16)7-5-11/h4-7,9,14H,3,8,17H2,1-2H3. The van der Waals surface area contributed by atoms with Gasteiger partial charge in [0.15, 0.2) is 0 Å². The third-order valence-electron chi connectivity index (χ3n) is 3.12. The van der Waals surface area contributed by atoms with E-state index in [1.54, 1.807) is 18.2 Å². The van der Waals surface area contributed by atoms with Crippen LogP contribution in [0.4, 0.5) is 4.39 Å². The number of aryl methyl sites for hydroxylation is 2. The van der Waals surface area contributed by atoms with E-state index in [1.807, 2.05) is 13.8 Å². The van der Waals surface area contributed by atoms with E-state index in [-0.39, 0.29) is 11.4 Å². The van der Waals surface area contributed by atoms with Crippen molar-refractivity contribution in [3.63, 3.8) is 0 Å². The molecule has 0 saturated carbocycles. The Morgan fingerprint density at radius 2 is 2.00 bits per heavy atom. The highest BCUT2D eigenvalue weighted by Gasteiger charge is 2.15. The Labute approximate surface area is 117 Å². The van der Waals surface area contributed by atoms with Gasteiger partial charge >= 0.3 is 0 Å². The molecule has 2 N–H and O–H groups in total. The Kier molecular flexibility index (Phi) is 4.29. The summed E-state index contributed by atoms with van der Waals surface area (Å²) < 4.78 is 14.4. The van der Waals surface area contributed by atoms with Crippen LogP contribution in [0.2, 0.25) is 0 Å². The van der Waals surface area contributed by atoms with E-state index < -0.39 is 6.04 Å². The Bertz CT molecular complexity index is 649. The summed E-state index contributed by atoms with van der Waals surface area (Å²) in [6.07, 6.45) is 0.821. The van der Waals surface area contributed by atoms with E-state index in [0.717, 1.165) is 12.1 Å². The normalized spacial score (nSPS) is 12.4. The molecule has 0 aliphatic heterocycles. The zero-order valence-corrected chi connectivity index (χ0v) is 11.6. The summed E-state index contributed by atoms with van der Waals surface area (Å²) in [6, 6.07) is 7.00. The summed E-state index contributed by atoms with van der Waals surface area (Å²) >= 11 is 0. The number of halogens is 1. The lowest BCUT2D eigenvalue weighted by molar-refractivity contribution is 0.551. The minimum atomic E-state index is -0.576. The highest BCUT2D eigenvalue weighted by atomic mass is 19.1. The van der Waals surface area contributed by atoms with Crippen LogP contribution in [-0.4, -0.2) is 9.78 Å². The molecule has 1 atom stereocenters. The zero-order chi connectivity index (χ0) is 14.7. The molecule has 4 nitrogen and oxygen atoms in total. The maximum Gasteiger partial charge on any atom is 0.271 e. The van der Waals surface area contributed by atoms with Gasteiger partial charge in [0.25, 0.3) is 5.56 Å². The molecular weight excluding hydrogens is 257 g/mol. The molecular formula is C15H18FN3O. The van der Waals surface area contributed by atoms with Gasteiger partial charge in [-0.3, -0.25) is 4.79 Å². The van der Waals surface area contributed by atoms with Gasteiger partial charge < -0.3 is 5.73 Å². The highest BCUT2D eigenvalue weighted by Crippen LogP contribution is 2.17. The fourth-order valence-corrected chi connectivity index (χ4v) is 2.14. The first-order valence-electron chi connectivity index (χ1n) is 6.62. The van der Waals surface area contributed by atoms with E-state index in [1.165, 1.54) is 16.8 Å². The number of nitrogens with two attached hydrogens (primary N) is 1. The monoisotopic (exact) mass is 275 g/mol. The minimum Gasteiger partial charge on any atom is -0.320 e. The van der Waals surface area contributed by atoms with Gasteiger partial charge in [-0.15, -0.1) is 0 Å². The number of aromatic nitrogens is 2. The van der Waals surface area contributed by atoms with Crippen molar-refractivity contribution >= 4 is 0 Å². The van der Waals surface area contributed by atoms with Crippen molar-refractivity contribution in [1.82, 2.24) is 9.78 Å². The third kappa shape index (κ3) is 2.93. The van der Waals surface area contributed by atoms with Crippen LogP contribution >= 0.6 is 0 Å². The average molecular weight is 275 g/mol. The predicted octanol–water partition coefficient (Wildman–Crippen LogP) is 2.15. The number of hydrogen-bond donors (Lipinski definition) is 1. The first kappa shape index (κ1) is 14.4. The molecule has 0 aliphatic carbocycles. The molecule has 5 heteroatoms. The van der Waals surface area contributed by atoms with E-state index in [0.29, 0.717) is 17.7 Å². The summed E-state index contributed by atoms with van der Waals surface area (Å²) in [5.74, 6) is -0.324. The Morgan fingerprint density at radius 3 is 2.60 bits per heavy atom. The molecule has 1 aromatic carbocycles. The average Bonchev–Trinajstić information content (AvgIpc) is 2.43. The van der Waals surface area contributed by atoms with Gasteiger partial charge in [-0.25, -0.2) is 9.07 Å². The van der Waals surface area contributed by atoms with E-state index >= 15 is 0 Å². The van der Waals surface area contributed by atoms with Crippen molar-refractivity contribution in [3.8, 4) is 0 Å². The molecule has 2 rings (SSSR count). The van der Waals surface area contributed by atoms with Crippen LogP contribution in [0.15, 0.2) is 35.1 Å². The fourth-order valence-electron chi connectivity index (χ4n) is 2.14. The minimum absolute atomic E-state index is 0.186. The molecule has 0 saturated heterocycles. The number of nitrogens with zero attached hydrogens (tertiary/aromatic N) is 2. The molecule has 1 heterocycles. The molecule has 1 unspecified atom stereocenters. The quantitative estimate of drug-likeness (QED) is 0.930. The fraction of sp³-hybridized carbons (Fsp3) is 0.333. The summed E-state index contributed by atoms with van der Waals surface area (Å²) in [5.41, 5.74) is 7.88. The van der Waals surface area contributed by atoms with Crippen LogP contribution in [0.3, 0.4) is 0 Å². The van der Waals surface area contributed by atoms with E-state index in [9.17, 15) is 9.18 Å². The van der Waals surface area contributed by atoms with Crippen molar-refractivity contribution in [2.45, 2.75) is 32.9 Å². The van der Waals surface area contributed by atoms with E-state index in [2.05, 4.69) is 5.10 Å². The second-order valence-electron chi connectivity index (χ2n) is 4.80. The number of rotatable bonds is 4. The lowest BCUT2D eigenvalue weighted by atomic mass is 10.0. The topological polar surface area (TPSA) is 60.9 Å². The van der Waals surface area contributed by atoms with Gasteiger partial charge in [-0.1, -0.05) is 19.1 Å². The summed E-state index contributed by atoms with van der Waals surface area (Å²) in [6.45, 7) is 4.37. The zero-order valence-electron chi connectivity index (χ0n) is 11.6. The Balaban J connectivity index is 2.46. The van der Waals surface area contributed by atoms with Crippen molar-refractivity contribution < 1.29 is 4.39 Å². The van der Waals surface area contributed by atoms with Crippen molar-refractivity contribution in [1.29, 1.82) is 0 Å². The van der Waals surface area contributed by atoms with Crippen LogP contribution in [0.25, 0.3) is 0 Å². The molecule has 1 aromatic heterocycles. The highest BCUT2D eigenvalue weighted by molar-refractivity contribution is 5.30. The lowest BCUT2D eigenvalue weighted by Gasteiger charge is -2.14. The number of hydrogen-bond acceptors (Lipinski definition) is 3. The molecule has 2 aromatic rings. The Morgan fingerprint density at radius 1 is 1.35 bits per heavy atom. The molecule has 0 fully saturated rings. The molecule has 0 radical (unpaired) electrons. The van der Waals surface area contributed by atoms with Gasteiger partial charge in [0.05, 0.1) is 11.7 Å². The predicted molar refractivity (Wildman–Crippen MR) is 76.0 cm³/mol. The van der Waals surface area contributed by atoms with Gasteiger partial charge in [-0.05, 0) is 37.1 Å². The lowest BCUT2D eigenvalue weighted by Crippen LogP contribution is -2.31. The second-order valence-corrected chi connectivity index (χ2v) is 4.80. The SMILES string of the molecule is CCCn1nc(C)cc(C(N)c2ccc(F)cc2)c1=O. The first-order valence-corrected chi connectivity index (χ1v) is 6.62. The maximum atomic E-state index is 12.9. The molecule has 0 bridgehead atoms. The molecule has 20 heavy (non-hydrogen) atoms. The van der Waals surface area contributed by atoms with Crippen LogP contribution in [0.1, 0.15) is 36.2 Å². The Hall–Kier alpha value is -2.01. The van der Waals surface area contributed by atoms with Crippen LogP contribution < -0.4 is 11.3 Å². The molecule has 0 aliphatic rings. The molecule has 0 spiro atoms. The largest absolute Gasteiger partial charge is 0.320 e. The smallest absolute Gasteiger partial charge is 0.271 e. The van der Waals surface area contributed by atoms with Crippen LogP contribution in [-0.2, 0) is 6.54 Å². The maximum absolute atomic E-state index is 12.9. The van der Waals surface area contributed by atoms with Gasteiger partial charge in [-0.2, -0.15) is 5.10 Å². The van der Waals surface area contributed by atoms with Crippen LogP contribution in [0, 0.1) is 12.7 Å². The second kappa shape index (κ2) is 5.96. The van der Waals surface area contributed by atoms with Gasteiger partial charge in [0.2, 0.25) is 0 Å². The van der Waals surface area contributed by atoms with Crippen molar-refractivity contribution in [3.05, 3.63) is 63.3 Å². The molecule has 106 valence electrons. The van der Waals surface area contributed by atoms with Crippen molar-refractivity contribution in [2.75, 3.05) is 0 Å². The third-order valence-corrected chi connectivity index (χ3v) is 3.12. The van der Waals surface area contributed by atoms with E-state index in [4.69, 9.17) is 5.73 Å². The van der Waals surface area contributed by atoms with Crippen molar-refractivity contribution in [2.24, 2.45) is 5.73 Å². The summed E-state index contributed by atoms with van der Waals surface area (Å²) in [5, 5.41) is 4.20. The van der Waals surface area contributed by atoms with Gasteiger partial charge in [0.1, 0.15) is 5.82 Å².